The van der Waals surface area contributed by atoms with Crippen molar-refractivity contribution in [2.75, 3.05) is 0 Å². The van der Waals surface area contributed by atoms with E-state index >= 15 is 0 Å². The van der Waals surface area contributed by atoms with Gasteiger partial charge in [-0.15, -0.1) is 0 Å². The highest BCUT2D eigenvalue weighted by Gasteiger charge is 2.24. The Balaban J connectivity index is 2.15. The summed E-state index contributed by atoms with van der Waals surface area (Å²) < 4.78 is 0. The minimum Gasteiger partial charge on any atom is -0.327 e. The summed E-state index contributed by atoms with van der Waals surface area (Å²) in [6.07, 6.45) is 9.06. The Morgan fingerprint density at radius 3 is 2.59 bits per heavy atom. The predicted octanol–water partition coefficient (Wildman–Crippen LogP) is 3.29. The largest absolute Gasteiger partial charge is 0.327 e. The van der Waals surface area contributed by atoms with Crippen molar-refractivity contribution in [3.8, 4) is 0 Å². The summed E-state index contributed by atoms with van der Waals surface area (Å²) in [5.74, 6) is 2.34. The molecule has 5 atom stereocenters. The fourth-order valence-electron chi connectivity index (χ4n) is 3.14. The summed E-state index contributed by atoms with van der Waals surface area (Å²) in [4.78, 5) is 0. The molecule has 1 fully saturated rings. The molecule has 1 aliphatic carbocycles. The van der Waals surface area contributed by atoms with Gasteiger partial charge in [0.15, 0.2) is 0 Å². The second kappa shape index (κ2) is 7.38. The van der Waals surface area contributed by atoms with E-state index in [-0.39, 0.29) is 0 Å². The Bertz CT molecular complexity index is 205. The van der Waals surface area contributed by atoms with Crippen LogP contribution in [0.15, 0.2) is 0 Å². The lowest BCUT2D eigenvalue weighted by molar-refractivity contribution is 0.230. The van der Waals surface area contributed by atoms with Crippen LogP contribution >= 0.6 is 0 Å². The average molecular weight is 240 g/mol. The van der Waals surface area contributed by atoms with Gasteiger partial charge in [0, 0.05) is 12.1 Å². The summed E-state index contributed by atoms with van der Waals surface area (Å²) in [7, 11) is 0. The van der Waals surface area contributed by atoms with Gasteiger partial charge in [0.25, 0.3) is 0 Å². The zero-order chi connectivity index (χ0) is 12.8. The van der Waals surface area contributed by atoms with Crippen molar-refractivity contribution in [2.24, 2.45) is 29.2 Å². The van der Waals surface area contributed by atoms with Crippen LogP contribution in [0.1, 0.15) is 65.7 Å². The highest BCUT2D eigenvalue weighted by molar-refractivity contribution is 4.80. The molecule has 0 aromatic rings. The van der Waals surface area contributed by atoms with Gasteiger partial charge in [0.2, 0.25) is 0 Å². The molecule has 0 aliphatic heterocycles. The molecule has 0 heterocycles. The first-order chi connectivity index (χ1) is 8.04. The summed E-state index contributed by atoms with van der Waals surface area (Å²) in [6, 6.07) is 0.854. The van der Waals surface area contributed by atoms with Crippen LogP contribution in [-0.4, -0.2) is 12.1 Å². The molecule has 1 aliphatic rings. The van der Waals surface area contributed by atoms with Gasteiger partial charge in [0.1, 0.15) is 0 Å². The lowest BCUT2D eigenvalue weighted by Gasteiger charge is -2.32. The van der Waals surface area contributed by atoms with Gasteiger partial charge in [-0.05, 0) is 49.9 Å². The van der Waals surface area contributed by atoms with Gasteiger partial charge in [-0.3, -0.25) is 0 Å². The summed E-state index contributed by atoms with van der Waals surface area (Å²) in [6.45, 7) is 6.80. The maximum absolute atomic E-state index is 6.06. The maximum atomic E-state index is 6.06. The van der Waals surface area contributed by atoms with Gasteiger partial charge in [0.05, 0.1) is 0 Å². The third-order valence-corrected chi connectivity index (χ3v) is 4.82. The summed E-state index contributed by atoms with van der Waals surface area (Å²) in [5, 5.41) is 0. The van der Waals surface area contributed by atoms with E-state index in [1.807, 2.05) is 0 Å². The molecular weight excluding hydrogens is 208 g/mol. The molecule has 0 spiro atoms. The molecule has 4 N–H and O–H groups in total. The third-order valence-electron chi connectivity index (χ3n) is 4.82. The van der Waals surface area contributed by atoms with Gasteiger partial charge < -0.3 is 11.5 Å². The number of hydrogen-bond donors (Lipinski definition) is 2. The zero-order valence-electron chi connectivity index (χ0n) is 12.0. The zero-order valence-corrected chi connectivity index (χ0v) is 12.0. The Morgan fingerprint density at radius 1 is 1.29 bits per heavy atom. The van der Waals surface area contributed by atoms with Gasteiger partial charge in [-0.2, -0.15) is 0 Å². The van der Waals surface area contributed by atoms with E-state index in [9.17, 15) is 0 Å². The van der Waals surface area contributed by atoms with Gasteiger partial charge in [-0.1, -0.05) is 33.6 Å². The Kier molecular flexibility index (Phi) is 6.50. The van der Waals surface area contributed by atoms with Crippen LogP contribution in [-0.2, 0) is 0 Å². The van der Waals surface area contributed by atoms with Crippen molar-refractivity contribution in [2.45, 2.75) is 77.8 Å². The van der Waals surface area contributed by atoms with E-state index in [1.165, 1.54) is 38.5 Å². The van der Waals surface area contributed by atoms with Crippen LogP contribution < -0.4 is 11.5 Å². The smallest absolute Gasteiger partial charge is 0.00647 e. The number of nitrogens with two attached hydrogens (primary N) is 2. The van der Waals surface area contributed by atoms with Crippen molar-refractivity contribution in [1.29, 1.82) is 0 Å². The van der Waals surface area contributed by atoms with Crippen LogP contribution in [0.25, 0.3) is 0 Å². The second-order valence-corrected chi connectivity index (χ2v) is 6.30. The van der Waals surface area contributed by atoms with E-state index in [0.29, 0.717) is 18.0 Å². The van der Waals surface area contributed by atoms with Crippen LogP contribution in [0.5, 0.6) is 0 Å². The molecular formula is C15H32N2. The minimum atomic E-state index is 0.397. The normalized spacial score (nSPS) is 33.4. The lowest BCUT2D eigenvalue weighted by Crippen LogP contribution is -2.34. The quantitative estimate of drug-likeness (QED) is 0.748. The van der Waals surface area contributed by atoms with Gasteiger partial charge in [-0.25, -0.2) is 0 Å². The Hall–Kier alpha value is -0.0800. The first kappa shape index (κ1) is 15.0. The molecule has 17 heavy (non-hydrogen) atoms. The van der Waals surface area contributed by atoms with Crippen LogP contribution in [0.4, 0.5) is 0 Å². The SMILES string of the molecule is CCC(N)C(C)CCCC1CCC(N)C(C)C1. The maximum Gasteiger partial charge on any atom is 0.00647 e. The van der Waals surface area contributed by atoms with Crippen molar-refractivity contribution >= 4 is 0 Å². The van der Waals surface area contributed by atoms with E-state index in [2.05, 4.69) is 20.8 Å². The van der Waals surface area contributed by atoms with Gasteiger partial charge >= 0.3 is 0 Å². The number of hydrogen-bond acceptors (Lipinski definition) is 2. The average Bonchev–Trinajstić information content (AvgIpc) is 2.32. The van der Waals surface area contributed by atoms with E-state index in [0.717, 1.165) is 18.3 Å². The molecule has 0 saturated heterocycles. The minimum absolute atomic E-state index is 0.397. The molecule has 102 valence electrons. The van der Waals surface area contributed by atoms with Crippen molar-refractivity contribution in [1.82, 2.24) is 0 Å². The Morgan fingerprint density at radius 2 is 2.00 bits per heavy atom. The standard InChI is InChI=1S/C15H32N2/c1-4-14(16)11(2)6-5-7-13-8-9-15(17)12(3)10-13/h11-15H,4-10,16-17H2,1-3H3. The second-order valence-electron chi connectivity index (χ2n) is 6.30. The molecule has 0 aromatic heterocycles. The van der Waals surface area contributed by atoms with Crippen LogP contribution in [0.2, 0.25) is 0 Å². The molecule has 2 heteroatoms. The molecule has 5 unspecified atom stereocenters. The topological polar surface area (TPSA) is 52.0 Å². The fraction of sp³-hybridized carbons (Fsp3) is 1.00. The Labute approximate surface area is 108 Å². The molecule has 1 rings (SSSR count). The molecule has 0 aromatic carbocycles. The lowest BCUT2D eigenvalue weighted by atomic mass is 9.77. The predicted molar refractivity (Wildman–Crippen MR) is 75.8 cm³/mol. The molecule has 0 bridgehead atoms. The highest BCUT2D eigenvalue weighted by atomic mass is 14.7. The van der Waals surface area contributed by atoms with Crippen molar-refractivity contribution in [3.63, 3.8) is 0 Å². The van der Waals surface area contributed by atoms with Crippen molar-refractivity contribution in [3.05, 3.63) is 0 Å². The van der Waals surface area contributed by atoms with Crippen LogP contribution in [0.3, 0.4) is 0 Å². The molecule has 0 radical (unpaired) electrons. The molecule has 1 saturated carbocycles. The number of rotatable bonds is 6. The van der Waals surface area contributed by atoms with E-state index < -0.39 is 0 Å². The first-order valence-corrected chi connectivity index (χ1v) is 7.55. The van der Waals surface area contributed by atoms with Crippen LogP contribution in [0, 0.1) is 17.8 Å². The highest BCUT2D eigenvalue weighted by Crippen LogP contribution is 2.31. The summed E-state index contributed by atoms with van der Waals surface area (Å²) in [5.41, 5.74) is 12.1. The summed E-state index contributed by atoms with van der Waals surface area (Å²) >= 11 is 0. The van der Waals surface area contributed by atoms with E-state index in [4.69, 9.17) is 11.5 Å². The molecule has 2 nitrogen and oxygen atoms in total. The van der Waals surface area contributed by atoms with Crippen molar-refractivity contribution < 1.29 is 0 Å². The van der Waals surface area contributed by atoms with E-state index in [1.54, 1.807) is 0 Å². The molecule has 0 amide bonds. The first-order valence-electron chi connectivity index (χ1n) is 7.55. The monoisotopic (exact) mass is 240 g/mol. The third kappa shape index (κ3) is 4.97. The fourth-order valence-corrected chi connectivity index (χ4v) is 3.14.